The molecular formula is C20H25N3OS. The number of amides is 1. The number of hydrogen-bond acceptors (Lipinski definition) is 4. The second-order valence-corrected chi connectivity index (χ2v) is 7.87. The Morgan fingerprint density at radius 1 is 1.00 bits per heavy atom. The number of nitrogens with zero attached hydrogens (tertiary/aromatic N) is 3. The van der Waals surface area contributed by atoms with Gasteiger partial charge in [-0.3, -0.25) is 4.79 Å². The molecule has 0 N–H and O–H groups in total. The minimum Gasteiger partial charge on any atom is -0.345 e. The molecule has 1 aromatic heterocycles. The molecule has 1 aromatic carbocycles. The number of carbonyl (C=O) groups excluding carboxylic acids is 1. The van der Waals surface area contributed by atoms with Gasteiger partial charge in [0.15, 0.2) is 5.13 Å². The van der Waals surface area contributed by atoms with Gasteiger partial charge in [0.1, 0.15) is 0 Å². The summed E-state index contributed by atoms with van der Waals surface area (Å²) in [5.41, 5.74) is 2.21. The molecule has 1 amide bonds. The quantitative estimate of drug-likeness (QED) is 0.834. The van der Waals surface area contributed by atoms with Gasteiger partial charge in [0.2, 0.25) is 5.91 Å². The van der Waals surface area contributed by atoms with Crippen LogP contribution in [-0.2, 0) is 4.79 Å². The summed E-state index contributed by atoms with van der Waals surface area (Å²) in [6, 6.07) is 10.3. The van der Waals surface area contributed by atoms with E-state index in [4.69, 9.17) is 4.98 Å². The standard InChI is InChI=1S/C20H25N3OS/c24-19(17-9-5-2-6-10-17)22-11-13-23(14-12-22)20-21-18(15-25-20)16-7-3-1-4-8-16/h1,3-4,7-8,15,17H,2,5-6,9-14H2. The average Bonchev–Trinajstić information content (AvgIpc) is 3.19. The number of anilines is 1. The Bertz CT molecular complexity index is 701. The molecule has 0 spiro atoms. The molecule has 1 saturated carbocycles. The Labute approximate surface area is 153 Å². The molecule has 25 heavy (non-hydrogen) atoms. The lowest BCUT2D eigenvalue weighted by molar-refractivity contribution is -0.136. The van der Waals surface area contributed by atoms with E-state index in [1.54, 1.807) is 11.3 Å². The second-order valence-electron chi connectivity index (χ2n) is 7.03. The summed E-state index contributed by atoms with van der Waals surface area (Å²) in [4.78, 5) is 21.9. The van der Waals surface area contributed by atoms with Crippen LogP contribution in [0.25, 0.3) is 11.3 Å². The first-order valence-corrected chi connectivity index (χ1v) is 10.2. The molecule has 1 aliphatic heterocycles. The third kappa shape index (κ3) is 3.71. The van der Waals surface area contributed by atoms with E-state index in [0.29, 0.717) is 5.91 Å². The zero-order valence-electron chi connectivity index (χ0n) is 14.6. The van der Waals surface area contributed by atoms with E-state index in [1.165, 1.54) is 19.3 Å². The van der Waals surface area contributed by atoms with Crippen molar-refractivity contribution in [1.29, 1.82) is 0 Å². The van der Waals surface area contributed by atoms with Crippen molar-refractivity contribution >= 4 is 22.4 Å². The Morgan fingerprint density at radius 3 is 2.44 bits per heavy atom. The van der Waals surface area contributed by atoms with E-state index in [-0.39, 0.29) is 5.92 Å². The fraction of sp³-hybridized carbons (Fsp3) is 0.500. The van der Waals surface area contributed by atoms with Gasteiger partial charge in [-0.25, -0.2) is 4.98 Å². The molecule has 0 bridgehead atoms. The van der Waals surface area contributed by atoms with Crippen LogP contribution < -0.4 is 4.90 Å². The van der Waals surface area contributed by atoms with E-state index in [0.717, 1.165) is 55.4 Å². The lowest BCUT2D eigenvalue weighted by Crippen LogP contribution is -2.50. The molecule has 5 heteroatoms. The van der Waals surface area contributed by atoms with Gasteiger partial charge in [0, 0.05) is 43.0 Å². The van der Waals surface area contributed by atoms with Gasteiger partial charge in [-0.15, -0.1) is 11.3 Å². The van der Waals surface area contributed by atoms with Crippen molar-refractivity contribution in [3.63, 3.8) is 0 Å². The Kier molecular flexibility index (Phi) is 5.02. The molecule has 2 fully saturated rings. The largest absolute Gasteiger partial charge is 0.345 e. The normalized spacial score (nSPS) is 19.2. The zero-order chi connectivity index (χ0) is 17.1. The van der Waals surface area contributed by atoms with Crippen molar-refractivity contribution in [3.8, 4) is 11.3 Å². The third-order valence-electron chi connectivity index (χ3n) is 5.38. The zero-order valence-corrected chi connectivity index (χ0v) is 15.4. The fourth-order valence-corrected chi connectivity index (χ4v) is 4.77. The topological polar surface area (TPSA) is 36.4 Å². The van der Waals surface area contributed by atoms with Crippen LogP contribution in [0.2, 0.25) is 0 Å². The molecular weight excluding hydrogens is 330 g/mol. The van der Waals surface area contributed by atoms with Gasteiger partial charge < -0.3 is 9.80 Å². The number of piperazine rings is 1. The van der Waals surface area contributed by atoms with Crippen LogP contribution in [0, 0.1) is 5.92 Å². The van der Waals surface area contributed by atoms with E-state index in [2.05, 4.69) is 27.3 Å². The van der Waals surface area contributed by atoms with Gasteiger partial charge in [-0.2, -0.15) is 0 Å². The smallest absolute Gasteiger partial charge is 0.225 e. The maximum Gasteiger partial charge on any atom is 0.225 e. The van der Waals surface area contributed by atoms with Crippen molar-refractivity contribution in [3.05, 3.63) is 35.7 Å². The molecule has 0 unspecified atom stereocenters. The molecule has 2 aromatic rings. The summed E-state index contributed by atoms with van der Waals surface area (Å²) in [5, 5.41) is 3.20. The highest BCUT2D eigenvalue weighted by Gasteiger charge is 2.29. The van der Waals surface area contributed by atoms with E-state index in [9.17, 15) is 4.79 Å². The van der Waals surface area contributed by atoms with Gasteiger partial charge in [0.05, 0.1) is 5.69 Å². The molecule has 2 heterocycles. The van der Waals surface area contributed by atoms with Gasteiger partial charge >= 0.3 is 0 Å². The lowest BCUT2D eigenvalue weighted by atomic mass is 9.88. The van der Waals surface area contributed by atoms with E-state index < -0.39 is 0 Å². The monoisotopic (exact) mass is 355 g/mol. The minimum atomic E-state index is 0.282. The summed E-state index contributed by atoms with van der Waals surface area (Å²) in [7, 11) is 0. The molecule has 4 nitrogen and oxygen atoms in total. The van der Waals surface area contributed by atoms with Crippen molar-refractivity contribution in [2.24, 2.45) is 5.92 Å². The molecule has 0 atom stereocenters. The predicted molar refractivity (Wildman–Crippen MR) is 103 cm³/mol. The maximum atomic E-state index is 12.7. The lowest BCUT2D eigenvalue weighted by Gasteiger charge is -2.37. The van der Waals surface area contributed by atoms with Crippen molar-refractivity contribution in [2.75, 3.05) is 31.1 Å². The third-order valence-corrected chi connectivity index (χ3v) is 6.28. The number of carbonyl (C=O) groups is 1. The van der Waals surface area contributed by atoms with Crippen LogP contribution in [0.4, 0.5) is 5.13 Å². The minimum absolute atomic E-state index is 0.282. The Morgan fingerprint density at radius 2 is 1.72 bits per heavy atom. The van der Waals surface area contributed by atoms with Crippen LogP contribution in [0.15, 0.2) is 35.7 Å². The summed E-state index contributed by atoms with van der Waals surface area (Å²) in [6.45, 7) is 3.44. The van der Waals surface area contributed by atoms with Crippen molar-refractivity contribution in [1.82, 2.24) is 9.88 Å². The highest BCUT2D eigenvalue weighted by molar-refractivity contribution is 7.14. The van der Waals surface area contributed by atoms with Crippen LogP contribution in [-0.4, -0.2) is 42.0 Å². The summed E-state index contributed by atoms with van der Waals surface area (Å²) in [6.07, 6.45) is 5.92. The summed E-state index contributed by atoms with van der Waals surface area (Å²) >= 11 is 1.70. The van der Waals surface area contributed by atoms with Crippen LogP contribution >= 0.6 is 11.3 Å². The van der Waals surface area contributed by atoms with Crippen molar-refractivity contribution in [2.45, 2.75) is 32.1 Å². The van der Waals surface area contributed by atoms with Crippen molar-refractivity contribution < 1.29 is 4.79 Å². The summed E-state index contributed by atoms with van der Waals surface area (Å²) in [5.74, 6) is 0.674. The van der Waals surface area contributed by atoms with E-state index >= 15 is 0 Å². The Hall–Kier alpha value is -1.88. The first-order chi connectivity index (χ1) is 12.3. The van der Waals surface area contributed by atoms with Gasteiger partial charge in [-0.05, 0) is 12.8 Å². The maximum absolute atomic E-state index is 12.7. The molecule has 4 rings (SSSR count). The average molecular weight is 356 g/mol. The number of hydrogen-bond donors (Lipinski definition) is 0. The molecule has 132 valence electrons. The first kappa shape index (κ1) is 16.6. The van der Waals surface area contributed by atoms with Crippen LogP contribution in [0.1, 0.15) is 32.1 Å². The number of thiazole rings is 1. The highest BCUT2D eigenvalue weighted by Crippen LogP contribution is 2.29. The second kappa shape index (κ2) is 7.56. The fourth-order valence-electron chi connectivity index (χ4n) is 3.88. The van der Waals surface area contributed by atoms with Crippen LogP contribution in [0.3, 0.4) is 0 Å². The number of aromatic nitrogens is 1. The highest BCUT2D eigenvalue weighted by atomic mass is 32.1. The first-order valence-electron chi connectivity index (χ1n) is 9.36. The molecule has 0 radical (unpaired) electrons. The predicted octanol–water partition coefficient (Wildman–Crippen LogP) is 4.04. The van der Waals surface area contributed by atoms with Gasteiger partial charge in [0.25, 0.3) is 0 Å². The SMILES string of the molecule is O=C(C1CCCCC1)N1CCN(c2nc(-c3ccccc3)cs2)CC1. The number of rotatable bonds is 3. The van der Waals surface area contributed by atoms with Gasteiger partial charge in [-0.1, -0.05) is 49.6 Å². The van der Waals surface area contributed by atoms with E-state index in [1.807, 2.05) is 18.2 Å². The molecule has 1 aliphatic carbocycles. The van der Waals surface area contributed by atoms with Crippen LogP contribution in [0.5, 0.6) is 0 Å². The Balaban J connectivity index is 1.36. The molecule has 2 aliphatic rings. The summed E-state index contributed by atoms with van der Waals surface area (Å²) < 4.78 is 0. The molecule has 1 saturated heterocycles. The number of benzene rings is 1.